The molecule has 0 aliphatic heterocycles. The third kappa shape index (κ3) is 4.52. The van der Waals surface area contributed by atoms with Gasteiger partial charge < -0.3 is 20.3 Å². The zero-order valence-corrected chi connectivity index (χ0v) is 15.0. The molecule has 24 heavy (non-hydrogen) atoms. The van der Waals surface area contributed by atoms with Crippen molar-refractivity contribution in [2.45, 2.75) is 45.0 Å². The summed E-state index contributed by atoms with van der Waals surface area (Å²) >= 11 is 0. The lowest BCUT2D eigenvalue weighted by Gasteiger charge is -2.59. The molecule has 1 saturated carbocycles. The van der Waals surface area contributed by atoms with Crippen molar-refractivity contribution in [2.75, 3.05) is 34.3 Å². The lowest BCUT2D eigenvalue weighted by Crippen LogP contribution is -2.69. The number of methoxy groups -OCH3 is 1. The Morgan fingerprint density at radius 1 is 1.38 bits per heavy atom. The first-order valence-corrected chi connectivity index (χ1v) is 7.69. The van der Waals surface area contributed by atoms with Crippen LogP contribution in [0.25, 0.3) is 0 Å². The molecule has 0 aromatic rings. The summed E-state index contributed by atoms with van der Waals surface area (Å²) in [7, 11) is 4.33. The first-order valence-electron chi connectivity index (χ1n) is 7.69. The number of likely N-dealkylation sites (N-methyl/N-ethyl adjacent to an activating group) is 1. The van der Waals surface area contributed by atoms with Gasteiger partial charge >= 0.3 is 6.18 Å². The molecule has 1 aliphatic carbocycles. The molecule has 0 saturated heterocycles. The number of guanidine groups is 1. The smallest absolute Gasteiger partial charge is 0.378 e. The van der Waals surface area contributed by atoms with E-state index in [1.807, 2.05) is 6.92 Å². The summed E-state index contributed by atoms with van der Waals surface area (Å²) in [4.78, 5) is 16.4. The standard InChI is InChI=1S/C15H27F3N4O2/c1-13(2)10(7-14(13,3)24-6)21-12(19-4)20-8-11(23)22(5)9-15(16,17)18/h10H,7-9H2,1-6H3,(H2,19,20,21). The summed E-state index contributed by atoms with van der Waals surface area (Å²) in [5, 5.41) is 5.95. The van der Waals surface area contributed by atoms with Crippen LogP contribution in [0.1, 0.15) is 27.2 Å². The van der Waals surface area contributed by atoms with Crippen LogP contribution in [0, 0.1) is 5.41 Å². The van der Waals surface area contributed by atoms with Gasteiger partial charge in [-0.05, 0) is 13.3 Å². The molecule has 0 aromatic carbocycles. The van der Waals surface area contributed by atoms with Crippen LogP contribution >= 0.6 is 0 Å². The van der Waals surface area contributed by atoms with Crippen LogP contribution < -0.4 is 10.6 Å². The number of amides is 1. The number of nitrogens with zero attached hydrogens (tertiary/aromatic N) is 2. The second-order valence-corrected chi connectivity index (χ2v) is 6.85. The number of alkyl halides is 3. The van der Waals surface area contributed by atoms with Gasteiger partial charge in [0.1, 0.15) is 6.54 Å². The van der Waals surface area contributed by atoms with E-state index in [0.29, 0.717) is 10.9 Å². The lowest BCUT2D eigenvalue weighted by molar-refractivity contribution is -0.176. The van der Waals surface area contributed by atoms with Gasteiger partial charge in [-0.2, -0.15) is 13.2 Å². The van der Waals surface area contributed by atoms with Gasteiger partial charge in [-0.25, -0.2) is 0 Å². The highest BCUT2D eigenvalue weighted by molar-refractivity contribution is 5.86. The molecule has 1 fully saturated rings. The van der Waals surface area contributed by atoms with Gasteiger partial charge in [0.2, 0.25) is 5.91 Å². The molecular formula is C15H27F3N4O2. The predicted octanol–water partition coefficient (Wildman–Crippen LogP) is 1.38. The maximum atomic E-state index is 12.3. The molecule has 2 unspecified atom stereocenters. The number of hydrogen-bond acceptors (Lipinski definition) is 3. The first-order chi connectivity index (χ1) is 10.9. The van der Waals surface area contributed by atoms with Crippen LogP contribution in [0.3, 0.4) is 0 Å². The van der Waals surface area contributed by atoms with Gasteiger partial charge in [0, 0.05) is 32.7 Å². The Balaban J connectivity index is 2.52. The molecule has 2 atom stereocenters. The fourth-order valence-corrected chi connectivity index (χ4v) is 2.73. The van der Waals surface area contributed by atoms with E-state index in [1.54, 1.807) is 14.2 Å². The number of halogens is 3. The van der Waals surface area contributed by atoms with E-state index in [1.165, 1.54) is 0 Å². The van der Waals surface area contributed by atoms with Crippen molar-refractivity contribution in [3.8, 4) is 0 Å². The van der Waals surface area contributed by atoms with Crippen molar-refractivity contribution in [1.29, 1.82) is 0 Å². The molecule has 1 rings (SSSR count). The Morgan fingerprint density at radius 3 is 2.38 bits per heavy atom. The van der Waals surface area contributed by atoms with Crippen LogP contribution in [0.4, 0.5) is 13.2 Å². The minimum absolute atomic E-state index is 0.0802. The lowest BCUT2D eigenvalue weighted by atomic mass is 9.56. The fraction of sp³-hybridized carbons (Fsp3) is 0.867. The number of rotatable bonds is 5. The van der Waals surface area contributed by atoms with E-state index in [2.05, 4.69) is 29.5 Å². The molecule has 9 heteroatoms. The molecule has 140 valence electrons. The topological polar surface area (TPSA) is 66.0 Å². The maximum absolute atomic E-state index is 12.3. The van der Waals surface area contributed by atoms with Gasteiger partial charge in [-0.1, -0.05) is 13.8 Å². The maximum Gasteiger partial charge on any atom is 0.406 e. The van der Waals surface area contributed by atoms with Crippen LogP contribution in [0.2, 0.25) is 0 Å². The largest absolute Gasteiger partial charge is 0.406 e. The summed E-state index contributed by atoms with van der Waals surface area (Å²) in [5.41, 5.74) is -0.414. The third-order valence-electron chi connectivity index (χ3n) is 5.06. The molecule has 6 nitrogen and oxygen atoms in total. The average molecular weight is 352 g/mol. The molecule has 0 heterocycles. The van der Waals surface area contributed by atoms with Gasteiger partial charge in [0.15, 0.2) is 5.96 Å². The second-order valence-electron chi connectivity index (χ2n) is 6.85. The number of ether oxygens (including phenoxy) is 1. The zero-order chi connectivity index (χ0) is 18.8. The number of carbonyl (C=O) groups excluding carboxylic acids is 1. The highest BCUT2D eigenvalue weighted by Crippen LogP contribution is 2.51. The Labute approximate surface area is 140 Å². The van der Waals surface area contributed by atoms with Crippen molar-refractivity contribution in [3.63, 3.8) is 0 Å². The van der Waals surface area contributed by atoms with E-state index in [4.69, 9.17) is 4.74 Å². The monoisotopic (exact) mass is 352 g/mol. The summed E-state index contributed by atoms with van der Waals surface area (Å²) in [6.45, 7) is 4.61. The Bertz CT molecular complexity index is 494. The molecule has 1 amide bonds. The predicted molar refractivity (Wildman–Crippen MR) is 85.8 cm³/mol. The van der Waals surface area contributed by atoms with Crippen LogP contribution in [0.5, 0.6) is 0 Å². The minimum Gasteiger partial charge on any atom is -0.378 e. The fourth-order valence-electron chi connectivity index (χ4n) is 2.73. The molecule has 1 aliphatic rings. The van der Waals surface area contributed by atoms with Crippen molar-refractivity contribution >= 4 is 11.9 Å². The van der Waals surface area contributed by atoms with Gasteiger partial charge in [-0.3, -0.25) is 9.79 Å². The normalized spacial score (nSPS) is 26.5. The minimum atomic E-state index is -4.41. The SMILES string of the molecule is CN=C(NCC(=O)N(C)CC(F)(F)F)NC1CC(C)(OC)C1(C)C. The van der Waals surface area contributed by atoms with E-state index < -0.39 is 18.6 Å². The van der Waals surface area contributed by atoms with Gasteiger partial charge in [0.25, 0.3) is 0 Å². The van der Waals surface area contributed by atoms with E-state index in [9.17, 15) is 18.0 Å². The van der Waals surface area contributed by atoms with Crippen molar-refractivity contribution < 1.29 is 22.7 Å². The van der Waals surface area contributed by atoms with Crippen LogP contribution in [0.15, 0.2) is 4.99 Å². The highest BCUT2D eigenvalue weighted by Gasteiger charge is 2.58. The number of nitrogens with one attached hydrogen (secondary N) is 2. The second kappa shape index (κ2) is 7.16. The van der Waals surface area contributed by atoms with Gasteiger partial charge in [0.05, 0.1) is 12.1 Å². The number of hydrogen-bond donors (Lipinski definition) is 2. The molecule has 0 aromatic heterocycles. The van der Waals surface area contributed by atoms with Crippen LogP contribution in [-0.4, -0.2) is 68.9 Å². The van der Waals surface area contributed by atoms with E-state index in [0.717, 1.165) is 13.5 Å². The molecule has 0 spiro atoms. The van der Waals surface area contributed by atoms with Crippen LogP contribution in [-0.2, 0) is 9.53 Å². The molecule has 0 radical (unpaired) electrons. The Morgan fingerprint density at radius 2 is 1.96 bits per heavy atom. The Kier molecular flexibility index (Phi) is 6.13. The van der Waals surface area contributed by atoms with E-state index >= 15 is 0 Å². The summed E-state index contributed by atoms with van der Waals surface area (Å²) in [6.07, 6.45) is -3.65. The van der Waals surface area contributed by atoms with E-state index in [-0.39, 0.29) is 23.6 Å². The molecule has 2 N–H and O–H groups in total. The number of aliphatic imine (C=N–C) groups is 1. The quantitative estimate of drug-likeness (QED) is 0.579. The zero-order valence-electron chi connectivity index (χ0n) is 15.0. The van der Waals surface area contributed by atoms with Gasteiger partial charge in [-0.15, -0.1) is 0 Å². The van der Waals surface area contributed by atoms with Crippen molar-refractivity contribution in [1.82, 2.24) is 15.5 Å². The third-order valence-corrected chi connectivity index (χ3v) is 5.06. The molecule has 0 bridgehead atoms. The highest BCUT2D eigenvalue weighted by atomic mass is 19.4. The number of carbonyl (C=O) groups is 1. The average Bonchev–Trinajstić information content (AvgIpc) is 2.47. The summed E-state index contributed by atoms with van der Waals surface area (Å²) in [5.74, 6) is -0.287. The van der Waals surface area contributed by atoms with Crippen molar-refractivity contribution in [3.05, 3.63) is 0 Å². The van der Waals surface area contributed by atoms with Crippen molar-refractivity contribution in [2.24, 2.45) is 10.4 Å². The summed E-state index contributed by atoms with van der Waals surface area (Å²) < 4.78 is 42.4. The first kappa shape index (κ1) is 20.5. The molecular weight excluding hydrogens is 325 g/mol. The Hall–Kier alpha value is -1.51. The summed E-state index contributed by atoms with van der Waals surface area (Å²) in [6, 6.07) is 0.0802.